The van der Waals surface area contributed by atoms with Gasteiger partial charge in [-0.3, -0.25) is 9.69 Å². The third-order valence-corrected chi connectivity index (χ3v) is 6.39. The van der Waals surface area contributed by atoms with Gasteiger partial charge in [-0.05, 0) is 42.5 Å². The van der Waals surface area contributed by atoms with E-state index in [9.17, 15) is 17.6 Å². The minimum Gasteiger partial charge on any atom is -0.325 e. The van der Waals surface area contributed by atoms with Crippen molar-refractivity contribution in [3.63, 3.8) is 0 Å². The average Bonchev–Trinajstić information content (AvgIpc) is 2.64. The summed E-state index contributed by atoms with van der Waals surface area (Å²) in [4.78, 5) is 14.2. The lowest BCUT2D eigenvalue weighted by Gasteiger charge is -2.33. The van der Waals surface area contributed by atoms with Crippen molar-refractivity contribution in [1.82, 2.24) is 9.21 Å². The van der Waals surface area contributed by atoms with E-state index in [0.29, 0.717) is 36.9 Å². The Morgan fingerprint density at radius 2 is 1.74 bits per heavy atom. The van der Waals surface area contributed by atoms with Crippen molar-refractivity contribution in [2.24, 2.45) is 0 Å². The number of carbonyl (C=O) groups excluding carboxylic acids is 1. The van der Waals surface area contributed by atoms with Crippen LogP contribution >= 0.6 is 11.6 Å². The predicted molar refractivity (Wildman–Crippen MR) is 102 cm³/mol. The summed E-state index contributed by atoms with van der Waals surface area (Å²) in [5, 5.41) is 3.06. The lowest BCUT2D eigenvalue weighted by atomic mass is 10.3. The highest BCUT2D eigenvalue weighted by Gasteiger charge is 2.29. The molecule has 1 aliphatic rings. The van der Waals surface area contributed by atoms with E-state index in [4.69, 9.17) is 11.6 Å². The molecule has 1 heterocycles. The molecule has 1 fully saturated rings. The molecule has 144 valence electrons. The molecule has 3 rings (SSSR count). The van der Waals surface area contributed by atoms with Gasteiger partial charge in [-0.15, -0.1) is 0 Å². The molecule has 0 atom stereocenters. The summed E-state index contributed by atoms with van der Waals surface area (Å²) < 4.78 is 39.6. The van der Waals surface area contributed by atoms with Crippen molar-refractivity contribution < 1.29 is 17.6 Å². The first kappa shape index (κ1) is 19.8. The zero-order chi connectivity index (χ0) is 19.4. The number of carbonyl (C=O) groups is 1. The maximum atomic E-state index is 12.9. The van der Waals surface area contributed by atoms with E-state index in [1.165, 1.54) is 40.7 Å². The Morgan fingerprint density at radius 3 is 2.37 bits per heavy atom. The number of amides is 1. The number of rotatable bonds is 5. The molecule has 2 aromatic rings. The minimum absolute atomic E-state index is 0.141. The Hall–Kier alpha value is -2.00. The summed E-state index contributed by atoms with van der Waals surface area (Å²) in [7, 11) is -3.60. The van der Waals surface area contributed by atoms with Crippen molar-refractivity contribution in [1.29, 1.82) is 0 Å². The molecule has 0 radical (unpaired) electrons. The van der Waals surface area contributed by atoms with E-state index < -0.39 is 10.0 Å². The van der Waals surface area contributed by atoms with Gasteiger partial charge in [0.05, 0.1) is 11.4 Å². The van der Waals surface area contributed by atoms with E-state index in [1.807, 2.05) is 4.90 Å². The fourth-order valence-electron chi connectivity index (χ4n) is 2.84. The maximum absolute atomic E-state index is 12.9. The van der Waals surface area contributed by atoms with Crippen LogP contribution < -0.4 is 5.32 Å². The Balaban J connectivity index is 1.54. The molecule has 27 heavy (non-hydrogen) atoms. The fraction of sp³-hybridized carbons (Fsp3) is 0.278. The van der Waals surface area contributed by atoms with E-state index in [0.717, 1.165) is 0 Å². The first-order valence-electron chi connectivity index (χ1n) is 8.38. The largest absolute Gasteiger partial charge is 0.325 e. The number of hydrogen-bond donors (Lipinski definition) is 1. The predicted octanol–water partition coefficient (Wildman–Crippen LogP) is 2.42. The molecule has 0 unspecified atom stereocenters. The molecule has 6 nitrogen and oxygen atoms in total. The lowest BCUT2D eigenvalue weighted by molar-refractivity contribution is -0.117. The zero-order valence-electron chi connectivity index (χ0n) is 14.4. The highest BCUT2D eigenvalue weighted by molar-refractivity contribution is 7.89. The third kappa shape index (κ3) is 5.04. The number of anilines is 1. The summed E-state index contributed by atoms with van der Waals surface area (Å²) >= 11 is 5.89. The molecule has 0 spiro atoms. The number of nitrogens with one attached hydrogen (secondary N) is 1. The Labute approximate surface area is 162 Å². The number of hydrogen-bond acceptors (Lipinski definition) is 4. The van der Waals surface area contributed by atoms with Crippen LogP contribution in [-0.4, -0.2) is 56.3 Å². The van der Waals surface area contributed by atoms with Crippen LogP contribution in [0.4, 0.5) is 10.1 Å². The van der Waals surface area contributed by atoms with Gasteiger partial charge in [0.1, 0.15) is 5.82 Å². The molecule has 0 saturated carbocycles. The average molecular weight is 412 g/mol. The molecule has 9 heteroatoms. The van der Waals surface area contributed by atoms with Crippen LogP contribution in [0.1, 0.15) is 0 Å². The lowest BCUT2D eigenvalue weighted by Crippen LogP contribution is -2.50. The van der Waals surface area contributed by atoms with E-state index in [1.54, 1.807) is 12.1 Å². The van der Waals surface area contributed by atoms with Gasteiger partial charge >= 0.3 is 0 Å². The molecule has 1 saturated heterocycles. The molecular weight excluding hydrogens is 393 g/mol. The number of nitrogens with zero attached hydrogens (tertiary/aromatic N) is 2. The summed E-state index contributed by atoms with van der Waals surface area (Å²) in [5.41, 5.74) is 0.517. The minimum atomic E-state index is -3.60. The number of benzene rings is 2. The summed E-state index contributed by atoms with van der Waals surface area (Å²) in [5.74, 6) is -0.599. The first-order chi connectivity index (χ1) is 12.8. The first-order valence-corrected chi connectivity index (χ1v) is 10.2. The van der Waals surface area contributed by atoms with Gasteiger partial charge in [0.25, 0.3) is 0 Å². The van der Waals surface area contributed by atoms with Crippen LogP contribution in [-0.2, 0) is 14.8 Å². The smallest absolute Gasteiger partial charge is 0.243 e. The Kier molecular flexibility index (Phi) is 6.11. The Bertz CT molecular complexity index is 914. The van der Waals surface area contributed by atoms with E-state index >= 15 is 0 Å². The molecule has 1 N–H and O–H groups in total. The van der Waals surface area contributed by atoms with Gasteiger partial charge in [-0.25, -0.2) is 12.8 Å². The van der Waals surface area contributed by atoms with Crippen LogP contribution in [0.5, 0.6) is 0 Å². The molecular formula is C18H19ClFN3O3S. The van der Waals surface area contributed by atoms with Gasteiger partial charge in [-0.1, -0.05) is 17.7 Å². The molecule has 2 aromatic carbocycles. The normalized spacial score (nSPS) is 16.2. The topological polar surface area (TPSA) is 69.7 Å². The standard InChI is InChI=1S/C18H19ClFN3O3S/c19-14-2-1-3-17(12-14)27(25,26)23-10-8-22(9-11-23)13-18(24)21-16-6-4-15(20)5-7-16/h1-7,12H,8-11,13H2,(H,21,24). The van der Waals surface area contributed by atoms with Gasteiger partial charge < -0.3 is 5.32 Å². The van der Waals surface area contributed by atoms with Gasteiger partial charge in [0.15, 0.2) is 0 Å². The highest BCUT2D eigenvalue weighted by atomic mass is 35.5. The van der Waals surface area contributed by atoms with Gasteiger partial charge in [0.2, 0.25) is 15.9 Å². The zero-order valence-corrected chi connectivity index (χ0v) is 16.0. The molecule has 1 amide bonds. The van der Waals surface area contributed by atoms with Crippen molar-refractivity contribution in [3.05, 3.63) is 59.4 Å². The van der Waals surface area contributed by atoms with E-state index in [-0.39, 0.29) is 23.2 Å². The fourth-order valence-corrected chi connectivity index (χ4v) is 4.56. The van der Waals surface area contributed by atoms with Crippen LogP contribution in [0.2, 0.25) is 5.02 Å². The molecule has 0 aliphatic carbocycles. The van der Waals surface area contributed by atoms with Crippen LogP contribution in [0.25, 0.3) is 0 Å². The van der Waals surface area contributed by atoms with Crippen LogP contribution in [0, 0.1) is 5.82 Å². The van der Waals surface area contributed by atoms with Crippen LogP contribution in [0.3, 0.4) is 0 Å². The molecule has 1 aliphatic heterocycles. The van der Waals surface area contributed by atoms with Crippen LogP contribution in [0.15, 0.2) is 53.4 Å². The second-order valence-corrected chi connectivity index (χ2v) is 8.57. The summed E-state index contributed by atoms with van der Waals surface area (Å²) in [6.07, 6.45) is 0. The van der Waals surface area contributed by atoms with Gasteiger partial charge in [0, 0.05) is 36.9 Å². The number of piperazine rings is 1. The third-order valence-electron chi connectivity index (χ3n) is 4.26. The second-order valence-electron chi connectivity index (χ2n) is 6.19. The van der Waals surface area contributed by atoms with Gasteiger partial charge in [-0.2, -0.15) is 4.31 Å². The maximum Gasteiger partial charge on any atom is 0.243 e. The van der Waals surface area contributed by atoms with Crippen molar-refractivity contribution in [2.75, 3.05) is 38.0 Å². The highest BCUT2D eigenvalue weighted by Crippen LogP contribution is 2.21. The Morgan fingerprint density at radius 1 is 1.07 bits per heavy atom. The SMILES string of the molecule is O=C(CN1CCN(S(=O)(=O)c2cccc(Cl)c2)CC1)Nc1ccc(F)cc1. The molecule has 0 aromatic heterocycles. The monoisotopic (exact) mass is 411 g/mol. The summed E-state index contributed by atoms with van der Waals surface area (Å²) in [6.45, 7) is 1.60. The quantitative estimate of drug-likeness (QED) is 0.820. The van der Waals surface area contributed by atoms with E-state index in [2.05, 4.69) is 5.32 Å². The van der Waals surface area contributed by atoms with Crippen molar-refractivity contribution in [3.8, 4) is 0 Å². The molecule has 0 bridgehead atoms. The van der Waals surface area contributed by atoms with Crippen molar-refractivity contribution >= 4 is 33.2 Å². The number of halogens is 2. The van der Waals surface area contributed by atoms with Crippen molar-refractivity contribution in [2.45, 2.75) is 4.90 Å². The number of sulfonamides is 1. The summed E-state index contributed by atoms with van der Waals surface area (Å²) in [6, 6.07) is 11.7. The second kappa shape index (κ2) is 8.35.